The van der Waals surface area contributed by atoms with Crippen LogP contribution in [0.1, 0.15) is 30.6 Å². The third-order valence-electron chi connectivity index (χ3n) is 5.65. The highest BCUT2D eigenvalue weighted by Gasteiger charge is 2.32. The van der Waals surface area contributed by atoms with Gasteiger partial charge in [0.1, 0.15) is 12.3 Å². The minimum Gasteiger partial charge on any atom is -0.406 e. The molecule has 0 fully saturated rings. The molecule has 0 saturated heterocycles. The van der Waals surface area contributed by atoms with E-state index in [2.05, 4.69) is 25.7 Å². The molecule has 0 radical (unpaired) electrons. The van der Waals surface area contributed by atoms with Crippen LogP contribution in [0.2, 0.25) is 0 Å². The Morgan fingerprint density at radius 1 is 1.22 bits per heavy atom. The van der Waals surface area contributed by atoms with E-state index in [9.17, 15) is 22.8 Å². The molecule has 3 N–H and O–H groups in total. The summed E-state index contributed by atoms with van der Waals surface area (Å²) in [6.45, 7) is 3.52. The molecule has 2 aromatic rings. The number of benzene rings is 1. The van der Waals surface area contributed by atoms with E-state index in [1.807, 2.05) is 6.08 Å². The molecule has 1 aromatic carbocycles. The molecule has 0 bridgehead atoms. The van der Waals surface area contributed by atoms with E-state index in [1.165, 1.54) is 17.0 Å². The first-order valence-electron chi connectivity index (χ1n) is 11.5. The molecule has 0 saturated carbocycles. The number of rotatable bonds is 7. The Hall–Kier alpha value is -3.64. The molecular weight excluding hydrogens is 479 g/mol. The number of nitrogens with zero attached hydrogens (tertiary/aromatic N) is 2. The molecule has 0 spiro atoms. The van der Waals surface area contributed by atoms with Crippen molar-refractivity contribution in [1.29, 1.82) is 0 Å². The summed E-state index contributed by atoms with van der Waals surface area (Å²) in [5, 5.41) is 8.79. The van der Waals surface area contributed by atoms with E-state index in [1.54, 1.807) is 19.1 Å². The van der Waals surface area contributed by atoms with Gasteiger partial charge in [0, 0.05) is 13.2 Å². The highest BCUT2D eigenvalue weighted by molar-refractivity contribution is 6.08. The molecule has 1 atom stereocenters. The molecule has 1 aromatic heterocycles. The fourth-order valence-corrected chi connectivity index (χ4v) is 3.95. The second-order valence-corrected chi connectivity index (χ2v) is 8.16. The Morgan fingerprint density at radius 3 is 2.67 bits per heavy atom. The molecule has 3 heterocycles. The number of ether oxygens (including phenoxy) is 2. The van der Waals surface area contributed by atoms with Crippen LogP contribution in [0.15, 0.2) is 42.5 Å². The van der Waals surface area contributed by atoms with E-state index < -0.39 is 18.4 Å². The number of hydrogen-bond acceptors (Lipinski definition) is 6. The van der Waals surface area contributed by atoms with Gasteiger partial charge in [0.25, 0.3) is 0 Å². The van der Waals surface area contributed by atoms with Crippen molar-refractivity contribution in [3.8, 4) is 5.75 Å². The van der Waals surface area contributed by atoms with Crippen LogP contribution < -0.4 is 25.6 Å². The van der Waals surface area contributed by atoms with Crippen LogP contribution >= 0.6 is 0 Å². The summed E-state index contributed by atoms with van der Waals surface area (Å²) in [6, 6.07) is 7.41. The van der Waals surface area contributed by atoms with Crippen LogP contribution in [0.25, 0.3) is 5.57 Å². The van der Waals surface area contributed by atoms with Crippen LogP contribution in [0.3, 0.4) is 0 Å². The summed E-state index contributed by atoms with van der Waals surface area (Å²) in [4.78, 5) is 31.5. The van der Waals surface area contributed by atoms with Crippen molar-refractivity contribution >= 4 is 29.0 Å². The van der Waals surface area contributed by atoms with Gasteiger partial charge >= 0.3 is 12.4 Å². The van der Waals surface area contributed by atoms with Gasteiger partial charge in [-0.1, -0.05) is 18.2 Å². The summed E-state index contributed by atoms with van der Waals surface area (Å²) in [5.41, 5.74) is 2.68. The first-order chi connectivity index (χ1) is 17.2. The number of amides is 3. The smallest absolute Gasteiger partial charge is 0.406 e. The lowest BCUT2D eigenvalue weighted by Gasteiger charge is -2.30. The highest BCUT2D eigenvalue weighted by Crippen LogP contribution is 2.31. The third-order valence-corrected chi connectivity index (χ3v) is 5.65. The van der Waals surface area contributed by atoms with Crippen molar-refractivity contribution in [3.05, 3.63) is 53.7 Å². The normalized spacial score (nSPS) is 16.5. The monoisotopic (exact) mass is 505 g/mol. The summed E-state index contributed by atoms with van der Waals surface area (Å²) < 4.78 is 46.9. The quantitative estimate of drug-likeness (QED) is 0.531. The second-order valence-electron chi connectivity index (χ2n) is 8.16. The lowest BCUT2D eigenvalue weighted by molar-refractivity contribution is -0.274. The average molecular weight is 505 g/mol. The van der Waals surface area contributed by atoms with Gasteiger partial charge in [0.15, 0.2) is 5.82 Å². The van der Waals surface area contributed by atoms with Gasteiger partial charge in [-0.25, -0.2) is 9.78 Å². The summed E-state index contributed by atoms with van der Waals surface area (Å²) in [5.74, 6) is -0.435. The maximum atomic E-state index is 13.3. The zero-order valence-corrected chi connectivity index (χ0v) is 19.5. The maximum Gasteiger partial charge on any atom is 0.573 e. The predicted molar refractivity (Wildman–Crippen MR) is 127 cm³/mol. The van der Waals surface area contributed by atoms with Crippen molar-refractivity contribution in [2.75, 3.05) is 43.1 Å². The van der Waals surface area contributed by atoms with Crippen molar-refractivity contribution in [2.45, 2.75) is 25.7 Å². The summed E-state index contributed by atoms with van der Waals surface area (Å²) >= 11 is 0. The number of aromatic nitrogens is 1. The molecule has 2 aliphatic rings. The number of halogens is 3. The predicted octanol–water partition coefficient (Wildman–Crippen LogP) is 3.60. The number of anilines is 2. The van der Waals surface area contributed by atoms with Gasteiger partial charge < -0.3 is 25.4 Å². The number of carbonyl (C=O) groups is 2. The molecule has 0 aliphatic carbocycles. The number of fused-ring (bicyclic) bond motifs is 1. The molecule has 3 amide bonds. The molecule has 36 heavy (non-hydrogen) atoms. The Kier molecular flexibility index (Phi) is 7.75. The van der Waals surface area contributed by atoms with Crippen molar-refractivity contribution in [1.82, 2.24) is 15.6 Å². The van der Waals surface area contributed by atoms with Gasteiger partial charge in [-0.3, -0.25) is 9.69 Å². The third kappa shape index (κ3) is 6.32. The van der Waals surface area contributed by atoms with Gasteiger partial charge in [0.05, 0.1) is 24.0 Å². The zero-order valence-electron chi connectivity index (χ0n) is 19.5. The zero-order chi connectivity index (χ0) is 25.7. The van der Waals surface area contributed by atoms with Crippen LogP contribution in [-0.2, 0) is 9.53 Å². The number of pyridine rings is 1. The van der Waals surface area contributed by atoms with E-state index >= 15 is 0 Å². The molecule has 9 nitrogen and oxygen atoms in total. The van der Waals surface area contributed by atoms with Gasteiger partial charge in [-0.05, 0) is 55.3 Å². The van der Waals surface area contributed by atoms with E-state index in [0.717, 1.165) is 42.9 Å². The van der Waals surface area contributed by atoms with Crippen LogP contribution in [-0.4, -0.2) is 56.1 Å². The average Bonchev–Trinajstić information content (AvgIpc) is 2.85. The Morgan fingerprint density at radius 2 is 2.00 bits per heavy atom. The maximum absolute atomic E-state index is 13.3. The topological polar surface area (TPSA) is 105 Å². The molecule has 1 unspecified atom stereocenters. The first kappa shape index (κ1) is 25.5. The van der Waals surface area contributed by atoms with Gasteiger partial charge in [-0.15, -0.1) is 13.2 Å². The van der Waals surface area contributed by atoms with E-state index in [4.69, 9.17) is 4.74 Å². The second kappa shape index (κ2) is 11.0. The number of hydrogen-bond donors (Lipinski definition) is 3. The van der Waals surface area contributed by atoms with Crippen molar-refractivity contribution < 1.29 is 32.2 Å². The largest absolute Gasteiger partial charge is 0.573 e. The summed E-state index contributed by atoms with van der Waals surface area (Å²) in [6.07, 6.45) is -1.98. The first-order valence-corrected chi connectivity index (χ1v) is 11.5. The Bertz CT molecular complexity index is 1140. The van der Waals surface area contributed by atoms with Gasteiger partial charge in [0.2, 0.25) is 5.91 Å². The molecular formula is C24H26F3N5O4. The standard InChI is InChI=1S/C24H26F3N5O4/c1-2-35-14-20(15-3-5-17(6-4-15)36-24(25,26)27)31-23(34)32-13-21(33)29-19-8-7-18(30-22(19)32)16-9-11-28-12-10-16/h3-9,20,28H,2,10-14H2,1H3,(H,29,33)(H,31,34). The number of carbonyl (C=O) groups excluding carboxylic acids is 2. The van der Waals surface area contributed by atoms with Crippen LogP contribution in [0, 0.1) is 0 Å². The van der Waals surface area contributed by atoms with E-state index in [-0.39, 0.29) is 24.8 Å². The highest BCUT2D eigenvalue weighted by atomic mass is 19.4. The summed E-state index contributed by atoms with van der Waals surface area (Å²) in [7, 11) is 0. The molecule has 192 valence electrons. The van der Waals surface area contributed by atoms with Crippen LogP contribution in [0.4, 0.5) is 29.5 Å². The molecule has 12 heteroatoms. The lowest BCUT2D eigenvalue weighted by atomic mass is 10.0. The number of urea groups is 1. The van der Waals surface area contributed by atoms with Crippen molar-refractivity contribution in [2.24, 2.45) is 0 Å². The molecule has 4 rings (SSSR count). The SMILES string of the molecule is CCOCC(NC(=O)N1CC(=O)Nc2ccc(C3=CCNCC3)nc21)c1ccc(OC(F)(F)F)cc1. The molecule has 2 aliphatic heterocycles. The fourth-order valence-electron chi connectivity index (χ4n) is 3.95. The Balaban J connectivity index is 1.56. The van der Waals surface area contributed by atoms with Crippen molar-refractivity contribution in [3.63, 3.8) is 0 Å². The van der Waals surface area contributed by atoms with Gasteiger partial charge in [-0.2, -0.15) is 0 Å². The lowest BCUT2D eigenvalue weighted by Crippen LogP contribution is -2.49. The number of alkyl halides is 3. The minimum absolute atomic E-state index is 0.0714. The minimum atomic E-state index is -4.81. The fraction of sp³-hybridized carbons (Fsp3) is 0.375. The number of nitrogens with one attached hydrogen (secondary N) is 3. The van der Waals surface area contributed by atoms with E-state index in [0.29, 0.717) is 23.7 Å². The van der Waals surface area contributed by atoms with Crippen LogP contribution in [0.5, 0.6) is 5.75 Å². The Labute approximate surface area is 205 Å².